The molecule has 0 heterocycles. The standard InChI is InChI=1S/C24H14/c1-2-16-7-5-8-18-11-13-20-14-19-12-10-17-6-3-4-9-21(17)22(19)15-23(20)24(16)18/h1,3-15H. The molecular formula is C24H14. The van der Waals surface area contributed by atoms with Gasteiger partial charge in [0.1, 0.15) is 0 Å². The van der Waals surface area contributed by atoms with E-state index in [0.717, 1.165) is 5.56 Å². The zero-order valence-electron chi connectivity index (χ0n) is 13.1. The lowest BCUT2D eigenvalue weighted by Gasteiger charge is -2.10. The number of hydrogen-bond donors (Lipinski definition) is 0. The highest BCUT2D eigenvalue weighted by molar-refractivity contribution is 6.18. The summed E-state index contributed by atoms with van der Waals surface area (Å²) in [6, 6.07) is 28.0. The predicted octanol–water partition coefficient (Wildman–Crippen LogP) is 6.28. The van der Waals surface area contributed by atoms with E-state index in [1.165, 1.54) is 43.1 Å². The highest BCUT2D eigenvalue weighted by Gasteiger charge is 2.07. The Labute approximate surface area is 140 Å². The maximum absolute atomic E-state index is 5.76. The SMILES string of the molecule is C#Cc1cccc2ccc3cc4ccc5ccccc5c4cc3c12. The summed E-state index contributed by atoms with van der Waals surface area (Å²) in [4.78, 5) is 0. The predicted molar refractivity (Wildman–Crippen MR) is 104 cm³/mol. The Kier molecular flexibility index (Phi) is 2.66. The second-order valence-electron chi connectivity index (χ2n) is 6.19. The van der Waals surface area contributed by atoms with Crippen molar-refractivity contribution in [1.82, 2.24) is 0 Å². The molecule has 0 saturated carbocycles. The lowest BCUT2D eigenvalue weighted by Crippen LogP contribution is -1.84. The summed E-state index contributed by atoms with van der Waals surface area (Å²) in [7, 11) is 0. The first-order valence-corrected chi connectivity index (χ1v) is 8.09. The third kappa shape index (κ3) is 1.76. The number of terminal acetylenes is 1. The van der Waals surface area contributed by atoms with Crippen molar-refractivity contribution in [2.75, 3.05) is 0 Å². The van der Waals surface area contributed by atoms with E-state index in [0.29, 0.717) is 0 Å². The first kappa shape index (κ1) is 13.2. The number of fused-ring (bicyclic) bond motifs is 6. The van der Waals surface area contributed by atoms with Crippen LogP contribution < -0.4 is 0 Å². The Morgan fingerprint density at radius 1 is 0.542 bits per heavy atom. The van der Waals surface area contributed by atoms with Crippen molar-refractivity contribution in [1.29, 1.82) is 0 Å². The van der Waals surface area contributed by atoms with Gasteiger partial charge in [0, 0.05) is 10.9 Å². The summed E-state index contributed by atoms with van der Waals surface area (Å²) in [5, 5.41) is 9.91. The average molecular weight is 302 g/mol. The van der Waals surface area contributed by atoms with Gasteiger partial charge in [-0.3, -0.25) is 0 Å². The molecule has 0 spiro atoms. The molecule has 0 aliphatic heterocycles. The van der Waals surface area contributed by atoms with Crippen LogP contribution in [0.2, 0.25) is 0 Å². The Balaban J connectivity index is 2.06. The van der Waals surface area contributed by atoms with Crippen molar-refractivity contribution in [3.63, 3.8) is 0 Å². The molecule has 0 N–H and O–H groups in total. The molecule has 0 amide bonds. The third-order valence-electron chi connectivity index (χ3n) is 4.88. The van der Waals surface area contributed by atoms with E-state index in [2.05, 4.69) is 72.7 Å². The molecule has 0 aliphatic rings. The van der Waals surface area contributed by atoms with Crippen molar-refractivity contribution >= 4 is 43.1 Å². The van der Waals surface area contributed by atoms with Gasteiger partial charge in [-0.15, -0.1) is 6.42 Å². The third-order valence-corrected chi connectivity index (χ3v) is 4.88. The highest BCUT2D eigenvalue weighted by atomic mass is 14.1. The fraction of sp³-hybridized carbons (Fsp3) is 0. The van der Waals surface area contributed by atoms with Crippen LogP contribution in [-0.2, 0) is 0 Å². The first-order valence-electron chi connectivity index (χ1n) is 8.09. The normalized spacial score (nSPS) is 11.3. The molecule has 0 unspecified atom stereocenters. The maximum Gasteiger partial charge on any atom is 0.0327 e. The molecule has 0 aromatic heterocycles. The van der Waals surface area contributed by atoms with Gasteiger partial charge in [0.05, 0.1) is 0 Å². The van der Waals surface area contributed by atoms with Crippen molar-refractivity contribution < 1.29 is 0 Å². The van der Waals surface area contributed by atoms with Crippen LogP contribution in [0.4, 0.5) is 0 Å². The Hall–Kier alpha value is -3.30. The van der Waals surface area contributed by atoms with E-state index in [1.807, 2.05) is 12.1 Å². The summed E-state index contributed by atoms with van der Waals surface area (Å²) < 4.78 is 0. The molecular weight excluding hydrogens is 288 g/mol. The monoisotopic (exact) mass is 302 g/mol. The van der Waals surface area contributed by atoms with E-state index in [-0.39, 0.29) is 0 Å². The van der Waals surface area contributed by atoms with Crippen molar-refractivity contribution in [3.8, 4) is 12.3 Å². The second kappa shape index (κ2) is 4.85. The van der Waals surface area contributed by atoms with E-state index >= 15 is 0 Å². The van der Waals surface area contributed by atoms with Gasteiger partial charge in [0.25, 0.3) is 0 Å². The van der Waals surface area contributed by atoms with E-state index in [1.54, 1.807) is 0 Å². The Morgan fingerprint density at radius 2 is 1.25 bits per heavy atom. The van der Waals surface area contributed by atoms with Gasteiger partial charge in [-0.1, -0.05) is 66.6 Å². The van der Waals surface area contributed by atoms with Gasteiger partial charge < -0.3 is 0 Å². The maximum atomic E-state index is 5.76. The van der Waals surface area contributed by atoms with Gasteiger partial charge in [-0.05, 0) is 55.9 Å². The quantitative estimate of drug-likeness (QED) is 0.179. The lowest BCUT2D eigenvalue weighted by atomic mass is 9.93. The fourth-order valence-electron chi connectivity index (χ4n) is 3.74. The summed E-state index contributed by atoms with van der Waals surface area (Å²) in [5.41, 5.74) is 0.956. The van der Waals surface area contributed by atoms with Gasteiger partial charge in [0.2, 0.25) is 0 Å². The number of hydrogen-bond acceptors (Lipinski definition) is 0. The molecule has 0 radical (unpaired) electrons. The lowest BCUT2D eigenvalue weighted by molar-refractivity contribution is 1.74. The van der Waals surface area contributed by atoms with Crippen LogP contribution in [0.15, 0.2) is 78.9 Å². The molecule has 0 nitrogen and oxygen atoms in total. The first-order chi connectivity index (χ1) is 11.8. The summed E-state index contributed by atoms with van der Waals surface area (Å²) in [6.07, 6.45) is 5.76. The molecule has 0 fully saturated rings. The number of rotatable bonds is 0. The largest absolute Gasteiger partial charge is 0.115 e. The molecule has 24 heavy (non-hydrogen) atoms. The van der Waals surface area contributed by atoms with E-state index < -0.39 is 0 Å². The molecule has 0 bridgehead atoms. The summed E-state index contributed by atoms with van der Waals surface area (Å²) in [5.74, 6) is 2.85. The molecule has 0 atom stereocenters. The summed E-state index contributed by atoms with van der Waals surface area (Å²) >= 11 is 0. The van der Waals surface area contributed by atoms with Crippen LogP contribution >= 0.6 is 0 Å². The minimum atomic E-state index is 0.956. The fourth-order valence-corrected chi connectivity index (χ4v) is 3.74. The molecule has 5 aromatic rings. The zero-order valence-corrected chi connectivity index (χ0v) is 13.1. The van der Waals surface area contributed by atoms with E-state index in [4.69, 9.17) is 6.42 Å². The van der Waals surface area contributed by atoms with Crippen molar-refractivity contribution in [2.45, 2.75) is 0 Å². The summed E-state index contributed by atoms with van der Waals surface area (Å²) in [6.45, 7) is 0. The van der Waals surface area contributed by atoms with E-state index in [9.17, 15) is 0 Å². The smallest absolute Gasteiger partial charge is 0.0327 e. The van der Waals surface area contributed by atoms with Crippen LogP contribution in [0, 0.1) is 12.3 Å². The molecule has 5 rings (SSSR count). The van der Waals surface area contributed by atoms with Gasteiger partial charge >= 0.3 is 0 Å². The zero-order chi connectivity index (χ0) is 16.1. The van der Waals surface area contributed by atoms with Crippen molar-refractivity contribution in [3.05, 3.63) is 84.4 Å². The minimum absolute atomic E-state index is 0.956. The van der Waals surface area contributed by atoms with Crippen molar-refractivity contribution in [2.24, 2.45) is 0 Å². The highest BCUT2D eigenvalue weighted by Crippen LogP contribution is 2.34. The molecule has 0 saturated heterocycles. The molecule has 0 aliphatic carbocycles. The van der Waals surface area contributed by atoms with Crippen LogP contribution in [-0.4, -0.2) is 0 Å². The van der Waals surface area contributed by atoms with Gasteiger partial charge in [-0.25, -0.2) is 0 Å². The average Bonchev–Trinajstić information content (AvgIpc) is 2.65. The Morgan fingerprint density at radius 3 is 2.12 bits per heavy atom. The van der Waals surface area contributed by atoms with Crippen LogP contribution in [0.25, 0.3) is 43.1 Å². The minimum Gasteiger partial charge on any atom is -0.115 e. The van der Waals surface area contributed by atoms with Crippen LogP contribution in [0.3, 0.4) is 0 Å². The number of benzene rings is 5. The van der Waals surface area contributed by atoms with Crippen LogP contribution in [0.1, 0.15) is 5.56 Å². The molecule has 0 heteroatoms. The van der Waals surface area contributed by atoms with Crippen LogP contribution in [0.5, 0.6) is 0 Å². The second-order valence-corrected chi connectivity index (χ2v) is 6.19. The topological polar surface area (TPSA) is 0 Å². The molecule has 110 valence electrons. The molecule has 5 aromatic carbocycles. The van der Waals surface area contributed by atoms with Gasteiger partial charge in [-0.2, -0.15) is 0 Å². The van der Waals surface area contributed by atoms with Gasteiger partial charge in [0.15, 0.2) is 0 Å². The Bertz CT molecular complexity index is 1300.